The molecule has 0 spiro atoms. The second-order valence-electron chi connectivity index (χ2n) is 4.69. The summed E-state index contributed by atoms with van der Waals surface area (Å²) in [6.07, 6.45) is 7.44. The highest BCUT2D eigenvalue weighted by atomic mass is 32.1. The minimum Gasteiger partial charge on any atom is -0.362 e. The Morgan fingerprint density at radius 3 is 3.12 bits per heavy atom. The van der Waals surface area contributed by atoms with Crippen molar-refractivity contribution in [3.05, 3.63) is 11.1 Å². The number of hydrogen-bond acceptors (Lipinski definition) is 4. The summed E-state index contributed by atoms with van der Waals surface area (Å²) in [5, 5.41) is 4.34. The van der Waals surface area contributed by atoms with Gasteiger partial charge >= 0.3 is 0 Å². The van der Waals surface area contributed by atoms with Crippen LogP contribution in [0.15, 0.2) is 6.20 Å². The monoisotopic (exact) mass is 253 g/mol. The molecular formula is C13H23N3S. The number of piperidine rings is 1. The predicted octanol–water partition coefficient (Wildman–Crippen LogP) is 3.34. The van der Waals surface area contributed by atoms with Gasteiger partial charge in [-0.2, -0.15) is 0 Å². The normalized spacial score (nSPS) is 21.6. The zero-order chi connectivity index (χ0) is 12.1. The van der Waals surface area contributed by atoms with E-state index in [4.69, 9.17) is 0 Å². The van der Waals surface area contributed by atoms with Crippen LogP contribution in [-0.4, -0.2) is 29.0 Å². The summed E-state index contributed by atoms with van der Waals surface area (Å²) in [7, 11) is 0. The van der Waals surface area contributed by atoms with Crippen LogP contribution in [0.2, 0.25) is 0 Å². The standard InChI is InChI=1S/C13H23N3S/c1-3-11-7-5-6-8-16(11)10-12-9-15-13(17-12)14-4-2/h9,11H,3-8,10H2,1-2H3,(H,14,15). The van der Waals surface area contributed by atoms with Gasteiger partial charge in [-0.15, -0.1) is 11.3 Å². The lowest BCUT2D eigenvalue weighted by atomic mass is 10.0. The highest BCUT2D eigenvalue weighted by Crippen LogP contribution is 2.25. The molecule has 1 atom stereocenters. The van der Waals surface area contributed by atoms with Crippen LogP contribution < -0.4 is 5.32 Å². The summed E-state index contributed by atoms with van der Waals surface area (Å²) in [5.41, 5.74) is 0. The molecule has 1 aromatic heterocycles. The van der Waals surface area contributed by atoms with Gasteiger partial charge in [0.1, 0.15) is 0 Å². The van der Waals surface area contributed by atoms with Crippen molar-refractivity contribution >= 4 is 16.5 Å². The van der Waals surface area contributed by atoms with Gasteiger partial charge in [0, 0.05) is 30.2 Å². The third-order valence-corrected chi connectivity index (χ3v) is 4.40. The minimum absolute atomic E-state index is 0.786. The van der Waals surface area contributed by atoms with Gasteiger partial charge in [-0.3, -0.25) is 4.90 Å². The number of aromatic nitrogens is 1. The first kappa shape index (κ1) is 12.8. The first-order valence-electron chi connectivity index (χ1n) is 6.76. The molecule has 0 saturated carbocycles. The van der Waals surface area contributed by atoms with Gasteiger partial charge in [-0.05, 0) is 32.7 Å². The van der Waals surface area contributed by atoms with E-state index in [-0.39, 0.29) is 0 Å². The van der Waals surface area contributed by atoms with E-state index in [9.17, 15) is 0 Å². The zero-order valence-corrected chi connectivity index (χ0v) is 11.7. The van der Waals surface area contributed by atoms with Gasteiger partial charge < -0.3 is 5.32 Å². The van der Waals surface area contributed by atoms with Crippen LogP contribution in [0.1, 0.15) is 44.4 Å². The van der Waals surface area contributed by atoms with Gasteiger partial charge in [-0.1, -0.05) is 13.3 Å². The van der Waals surface area contributed by atoms with E-state index in [1.807, 2.05) is 6.20 Å². The molecule has 1 unspecified atom stereocenters. The second-order valence-corrected chi connectivity index (χ2v) is 5.81. The number of nitrogens with zero attached hydrogens (tertiary/aromatic N) is 2. The molecule has 0 aromatic carbocycles. The fourth-order valence-electron chi connectivity index (χ4n) is 2.54. The number of rotatable bonds is 5. The zero-order valence-electron chi connectivity index (χ0n) is 10.9. The summed E-state index contributed by atoms with van der Waals surface area (Å²) >= 11 is 1.80. The molecule has 2 rings (SSSR count). The van der Waals surface area contributed by atoms with Gasteiger partial charge in [0.25, 0.3) is 0 Å². The number of anilines is 1. The molecule has 0 radical (unpaired) electrons. The molecule has 17 heavy (non-hydrogen) atoms. The second kappa shape index (κ2) is 6.36. The lowest BCUT2D eigenvalue weighted by Crippen LogP contribution is -2.38. The first-order valence-corrected chi connectivity index (χ1v) is 7.57. The number of hydrogen-bond donors (Lipinski definition) is 1. The molecule has 1 fully saturated rings. The van der Waals surface area contributed by atoms with E-state index >= 15 is 0 Å². The van der Waals surface area contributed by atoms with E-state index in [2.05, 4.69) is 29.0 Å². The largest absolute Gasteiger partial charge is 0.362 e. The van der Waals surface area contributed by atoms with Gasteiger partial charge in [0.2, 0.25) is 0 Å². The van der Waals surface area contributed by atoms with Crippen molar-refractivity contribution in [2.24, 2.45) is 0 Å². The van der Waals surface area contributed by atoms with E-state index in [1.54, 1.807) is 11.3 Å². The molecule has 2 heterocycles. The van der Waals surface area contributed by atoms with Crippen LogP contribution in [-0.2, 0) is 6.54 Å². The average Bonchev–Trinajstić information content (AvgIpc) is 2.78. The molecule has 1 aromatic rings. The number of likely N-dealkylation sites (tertiary alicyclic amines) is 1. The fraction of sp³-hybridized carbons (Fsp3) is 0.769. The predicted molar refractivity (Wildman–Crippen MR) is 74.6 cm³/mol. The Morgan fingerprint density at radius 1 is 1.47 bits per heavy atom. The van der Waals surface area contributed by atoms with Crippen LogP contribution in [0.5, 0.6) is 0 Å². The fourth-order valence-corrected chi connectivity index (χ4v) is 3.45. The summed E-state index contributed by atoms with van der Waals surface area (Å²) in [6.45, 7) is 7.71. The molecule has 0 bridgehead atoms. The molecule has 0 amide bonds. The Labute approximate surface area is 108 Å². The van der Waals surface area contributed by atoms with E-state index in [0.717, 1.165) is 24.3 Å². The van der Waals surface area contributed by atoms with Gasteiger partial charge in [0.15, 0.2) is 5.13 Å². The van der Waals surface area contributed by atoms with Crippen molar-refractivity contribution in [3.8, 4) is 0 Å². The Hall–Kier alpha value is -0.610. The molecule has 1 aliphatic heterocycles. The Kier molecular flexibility index (Phi) is 4.80. The highest BCUT2D eigenvalue weighted by molar-refractivity contribution is 7.15. The van der Waals surface area contributed by atoms with Crippen molar-refractivity contribution in [2.45, 2.75) is 52.1 Å². The van der Waals surface area contributed by atoms with Gasteiger partial charge in [-0.25, -0.2) is 4.98 Å². The topological polar surface area (TPSA) is 28.2 Å². The van der Waals surface area contributed by atoms with Crippen LogP contribution in [0.25, 0.3) is 0 Å². The molecule has 0 aliphatic carbocycles. The molecule has 1 aliphatic rings. The van der Waals surface area contributed by atoms with Crippen LogP contribution in [0.3, 0.4) is 0 Å². The minimum atomic E-state index is 0.786. The molecular weight excluding hydrogens is 230 g/mol. The molecule has 96 valence electrons. The van der Waals surface area contributed by atoms with Crippen molar-refractivity contribution < 1.29 is 0 Å². The van der Waals surface area contributed by atoms with E-state index in [1.165, 1.54) is 37.1 Å². The van der Waals surface area contributed by atoms with Crippen molar-refractivity contribution in [2.75, 3.05) is 18.4 Å². The highest BCUT2D eigenvalue weighted by Gasteiger charge is 2.21. The van der Waals surface area contributed by atoms with Crippen LogP contribution in [0.4, 0.5) is 5.13 Å². The maximum Gasteiger partial charge on any atom is 0.182 e. The smallest absolute Gasteiger partial charge is 0.182 e. The van der Waals surface area contributed by atoms with E-state index < -0.39 is 0 Å². The Bertz CT molecular complexity index is 337. The summed E-state index contributed by atoms with van der Waals surface area (Å²) < 4.78 is 0. The third-order valence-electron chi connectivity index (χ3n) is 3.46. The average molecular weight is 253 g/mol. The van der Waals surface area contributed by atoms with Gasteiger partial charge in [0.05, 0.1) is 0 Å². The van der Waals surface area contributed by atoms with Crippen molar-refractivity contribution in [3.63, 3.8) is 0 Å². The lowest BCUT2D eigenvalue weighted by molar-refractivity contribution is 0.137. The SMILES string of the molecule is CCNc1ncc(CN2CCCCC2CC)s1. The Balaban J connectivity index is 1.93. The quantitative estimate of drug-likeness (QED) is 0.872. The molecule has 1 N–H and O–H groups in total. The molecule has 4 heteroatoms. The van der Waals surface area contributed by atoms with Crippen LogP contribution in [0, 0.1) is 0 Å². The lowest BCUT2D eigenvalue weighted by Gasteiger charge is -2.34. The summed E-state index contributed by atoms with van der Waals surface area (Å²) in [6, 6.07) is 0.786. The summed E-state index contributed by atoms with van der Waals surface area (Å²) in [4.78, 5) is 8.42. The first-order chi connectivity index (χ1) is 8.33. The maximum atomic E-state index is 4.40. The Morgan fingerprint density at radius 2 is 2.35 bits per heavy atom. The summed E-state index contributed by atoms with van der Waals surface area (Å²) in [5.74, 6) is 0. The number of thiazole rings is 1. The van der Waals surface area contributed by atoms with Crippen molar-refractivity contribution in [1.82, 2.24) is 9.88 Å². The van der Waals surface area contributed by atoms with Crippen LogP contribution >= 0.6 is 11.3 Å². The number of nitrogens with one attached hydrogen (secondary N) is 1. The third kappa shape index (κ3) is 3.42. The molecule has 1 saturated heterocycles. The van der Waals surface area contributed by atoms with E-state index in [0.29, 0.717) is 0 Å². The maximum absolute atomic E-state index is 4.40. The van der Waals surface area contributed by atoms with Crippen molar-refractivity contribution in [1.29, 1.82) is 0 Å². The molecule has 3 nitrogen and oxygen atoms in total.